The highest BCUT2D eigenvalue weighted by atomic mass is 79.9. The van der Waals surface area contributed by atoms with Crippen LogP contribution < -0.4 is 10.2 Å². The lowest BCUT2D eigenvalue weighted by Gasteiger charge is -2.09. The Hall–Kier alpha value is -3.09. The van der Waals surface area contributed by atoms with Crippen molar-refractivity contribution in [2.45, 2.75) is 13.5 Å². The van der Waals surface area contributed by atoms with Gasteiger partial charge in [-0.25, -0.2) is 5.43 Å². The molecule has 0 aliphatic heterocycles. The van der Waals surface area contributed by atoms with Gasteiger partial charge in [0.25, 0.3) is 5.91 Å². The summed E-state index contributed by atoms with van der Waals surface area (Å²) in [6, 6.07) is 21.2. The van der Waals surface area contributed by atoms with Crippen molar-refractivity contribution in [3.05, 3.63) is 98.6 Å². The summed E-state index contributed by atoms with van der Waals surface area (Å²) in [5.74, 6) is 0.134. The van der Waals surface area contributed by atoms with Crippen molar-refractivity contribution in [3.8, 4) is 5.75 Å². The molecule has 162 valence electrons. The Morgan fingerprint density at radius 1 is 1.16 bits per heavy atom. The fraction of sp³-hybridized carbons (Fsp3) is 0.120. The van der Waals surface area contributed by atoms with Crippen molar-refractivity contribution < 1.29 is 9.53 Å². The number of rotatable bonds is 6. The first-order valence-electron chi connectivity index (χ1n) is 9.97. The van der Waals surface area contributed by atoms with Crippen LogP contribution in [0.3, 0.4) is 0 Å². The molecule has 0 radical (unpaired) electrons. The standard InChI is InChI=1S/C25H21BrClN3O2/c1-16-22(14-28-29-25(31)21-13-18(26)10-11-24(21)32-2)20-8-3-4-9-23(20)30(16)15-17-6-5-7-19(27)12-17/h3-14H,15H2,1-2H3,(H,29,31)/b28-14-. The highest BCUT2D eigenvalue weighted by molar-refractivity contribution is 9.10. The molecule has 0 atom stereocenters. The van der Waals surface area contributed by atoms with E-state index in [4.69, 9.17) is 16.3 Å². The lowest BCUT2D eigenvalue weighted by atomic mass is 10.1. The summed E-state index contributed by atoms with van der Waals surface area (Å²) in [6.07, 6.45) is 1.69. The molecule has 4 aromatic rings. The van der Waals surface area contributed by atoms with E-state index in [-0.39, 0.29) is 5.91 Å². The van der Waals surface area contributed by atoms with E-state index in [2.05, 4.69) is 49.2 Å². The molecule has 1 N–H and O–H groups in total. The fourth-order valence-electron chi connectivity index (χ4n) is 3.72. The molecular weight excluding hydrogens is 490 g/mol. The quantitative estimate of drug-likeness (QED) is 0.248. The summed E-state index contributed by atoms with van der Waals surface area (Å²) in [5.41, 5.74) is 7.21. The van der Waals surface area contributed by atoms with Gasteiger partial charge in [0.2, 0.25) is 0 Å². The van der Waals surface area contributed by atoms with Crippen LogP contribution in [-0.2, 0) is 6.54 Å². The highest BCUT2D eigenvalue weighted by Crippen LogP contribution is 2.26. The Kier molecular flexibility index (Phi) is 6.63. The second-order valence-electron chi connectivity index (χ2n) is 7.28. The van der Waals surface area contributed by atoms with Crippen LogP contribution in [0, 0.1) is 6.92 Å². The minimum Gasteiger partial charge on any atom is -0.496 e. The molecule has 0 saturated carbocycles. The van der Waals surface area contributed by atoms with Crippen LogP contribution in [0.25, 0.3) is 10.9 Å². The molecule has 0 bridgehead atoms. The first kappa shape index (κ1) is 22.1. The van der Waals surface area contributed by atoms with E-state index < -0.39 is 0 Å². The largest absolute Gasteiger partial charge is 0.496 e. The molecule has 0 fully saturated rings. The highest BCUT2D eigenvalue weighted by Gasteiger charge is 2.14. The van der Waals surface area contributed by atoms with Crippen LogP contribution >= 0.6 is 27.5 Å². The molecule has 1 heterocycles. The monoisotopic (exact) mass is 509 g/mol. The zero-order valence-electron chi connectivity index (χ0n) is 17.6. The molecule has 4 rings (SSSR count). The number of amides is 1. The van der Waals surface area contributed by atoms with Crippen molar-refractivity contribution >= 4 is 50.6 Å². The number of carbonyl (C=O) groups excluding carboxylic acids is 1. The van der Waals surface area contributed by atoms with E-state index in [1.54, 1.807) is 18.3 Å². The number of hydrazone groups is 1. The third-order valence-corrected chi connectivity index (χ3v) is 6.00. The Labute approximate surface area is 199 Å². The topological polar surface area (TPSA) is 55.6 Å². The van der Waals surface area contributed by atoms with Crippen molar-refractivity contribution in [2.24, 2.45) is 5.10 Å². The van der Waals surface area contributed by atoms with Crippen LogP contribution in [0.2, 0.25) is 5.02 Å². The van der Waals surface area contributed by atoms with E-state index in [0.717, 1.165) is 32.2 Å². The van der Waals surface area contributed by atoms with E-state index in [1.165, 1.54) is 7.11 Å². The zero-order chi connectivity index (χ0) is 22.7. The molecule has 5 nitrogen and oxygen atoms in total. The number of fused-ring (bicyclic) bond motifs is 1. The number of nitrogens with one attached hydrogen (secondary N) is 1. The molecular formula is C25H21BrClN3O2. The molecule has 0 unspecified atom stereocenters. The number of methoxy groups -OCH3 is 1. The molecule has 1 aromatic heterocycles. The van der Waals surface area contributed by atoms with E-state index in [9.17, 15) is 4.79 Å². The maximum atomic E-state index is 12.7. The van der Waals surface area contributed by atoms with Gasteiger partial charge in [-0.1, -0.05) is 57.9 Å². The van der Waals surface area contributed by atoms with Gasteiger partial charge in [-0.3, -0.25) is 4.79 Å². The van der Waals surface area contributed by atoms with Gasteiger partial charge >= 0.3 is 0 Å². The Balaban J connectivity index is 1.64. The van der Waals surface area contributed by atoms with Crippen LogP contribution in [0.1, 0.15) is 27.2 Å². The third-order valence-electron chi connectivity index (χ3n) is 5.28. The van der Waals surface area contributed by atoms with Crippen molar-refractivity contribution in [1.82, 2.24) is 9.99 Å². The summed E-state index contributed by atoms with van der Waals surface area (Å²) >= 11 is 9.56. The number of hydrogen-bond donors (Lipinski definition) is 1. The molecule has 0 saturated heterocycles. The van der Waals surface area contributed by atoms with E-state index >= 15 is 0 Å². The maximum absolute atomic E-state index is 12.7. The van der Waals surface area contributed by atoms with Gasteiger partial charge in [0.1, 0.15) is 5.75 Å². The number of hydrogen-bond acceptors (Lipinski definition) is 3. The minimum absolute atomic E-state index is 0.347. The molecule has 7 heteroatoms. The number of aromatic nitrogens is 1. The first-order valence-corrected chi connectivity index (χ1v) is 11.1. The normalized spacial score (nSPS) is 11.2. The van der Waals surface area contributed by atoms with Crippen molar-refractivity contribution in [3.63, 3.8) is 0 Å². The molecule has 0 aliphatic carbocycles. The van der Waals surface area contributed by atoms with Crippen LogP contribution in [0.5, 0.6) is 5.75 Å². The first-order chi connectivity index (χ1) is 15.5. The van der Waals surface area contributed by atoms with Gasteiger partial charge in [0.15, 0.2) is 0 Å². The number of halogens is 2. The summed E-state index contributed by atoms with van der Waals surface area (Å²) in [5, 5.41) is 6.01. The fourth-order valence-corrected chi connectivity index (χ4v) is 4.29. The lowest BCUT2D eigenvalue weighted by Crippen LogP contribution is -2.18. The van der Waals surface area contributed by atoms with Gasteiger partial charge < -0.3 is 9.30 Å². The van der Waals surface area contributed by atoms with E-state index in [1.807, 2.05) is 43.3 Å². The van der Waals surface area contributed by atoms with Crippen molar-refractivity contribution in [2.75, 3.05) is 7.11 Å². The average Bonchev–Trinajstić information content (AvgIpc) is 3.05. The Bertz CT molecular complexity index is 1330. The maximum Gasteiger partial charge on any atom is 0.275 e. The van der Waals surface area contributed by atoms with Crippen LogP contribution in [0.15, 0.2) is 76.3 Å². The summed E-state index contributed by atoms with van der Waals surface area (Å²) in [6.45, 7) is 2.73. The van der Waals surface area contributed by atoms with Gasteiger partial charge in [0.05, 0.1) is 18.9 Å². The summed E-state index contributed by atoms with van der Waals surface area (Å²) in [4.78, 5) is 12.7. The predicted octanol–water partition coefficient (Wildman–Crippen LogP) is 6.19. The van der Waals surface area contributed by atoms with E-state index in [0.29, 0.717) is 22.9 Å². The molecule has 1 amide bonds. The minimum atomic E-state index is -0.347. The third kappa shape index (κ3) is 4.56. The number of nitrogens with zero attached hydrogens (tertiary/aromatic N) is 2. The lowest BCUT2D eigenvalue weighted by molar-refractivity contribution is 0.0952. The SMILES string of the molecule is COc1ccc(Br)cc1C(=O)N/N=C\c1c(C)n(Cc2cccc(Cl)c2)c2ccccc12. The second-order valence-corrected chi connectivity index (χ2v) is 8.63. The molecule has 3 aromatic carbocycles. The molecule has 32 heavy (non-hydrogen) atoms. The van der Waals surface area contributed by atoms with Gasteiger partial charge in [0, 0.05) is 38.2 Å². The number of ether oxygens (including phenoxy) is 1. The molecule has 0 spiro atoms. The van der Waals surface area contributed by atoms with Gasteiger partial charge in [-0.2, -0.15) is 5.10 Å². The smallest absolute Gasteiger partial charge is 0.275 e. The van der Waals surface area contributed by atoms with Crippen LogP contribution in [0.4, 0.5) is 0 Å². The predicted molar refractivity (Wildman–Crippen MR) is 133 cm³/mol. The number of benzene rings is 3. The van der Waals surface area contributed by atoms with Gasteiger partial charge in [-0.05, 0) is 48.9 Å². The Morgan fingerprint density at radius 3 is 2.75 bits per heavy atom. The summed E-state index contributed by atoms with van der Waals surface area (Å²) in [7, 11) is 1.53. The molecule has 0 aliphatic rings. The summed E-state index contributed by atoms with van der Waals surface area (Å²) < 4.78 is 8.29. The average molecular weight is 511 g/mol. The van der Waals surface area contributed by atoms with Crippen LogP contribution in [-0.4, -0.2) is 23.8 Å². The van der Waals surface area contributed by atoms with Gasteiger partial charge in [-0.15, -0.1) is 0 Å². The van der Waals surface area contributed by atoms with Crippen molar-refractivity contribution in [1.29, 1.82) is 0 Å². The second kappa shape index (κ2) is 9.59. The number of para-hydroxylation sites is 1. The zero-order valence-corrected chi connectivity index (χ0v) is 19.9. The number of carbonyl (C=O) groups is 1. The Morgan fingerprint density at radius 2 is 1.97 bits per heavy atom.